The molecule has 0 atom stereocenters. The second kappa shape index (κ2) is 1.56. The van der Waals surface area contributed by atoms with Crippen molar-refractivity contribution in [1.82, 2.24) is 4.98 Å². The fourth-order valence-electron chi connectivity index (χ4n) is 1.49. The molecule has 4 bridgehead atoms. The highest BCUT2D eigenvalue weighted by molar-refractivity contribution is 6.38. The topological polar surface area (TPSA) is 12.9 Å². The molecule has 2 aromatic carbocycles. The lowest BCUT2D eigenvalue weighted by molar-refractivity contribution is 1.47. The molecule has 0 radical (unpaired) electrons. The van der Waals surface area contributed by atoms with Crippen LogP contribution in [-0.2, 0) is 0 Å². The molecule has 0 fully saturated rings. The number of halogens is 1. The number of nitrogens with zero attached hydrogens (tertiary/aromatic N) is 1. The van der Waals surface area contributed by atoms with Gasteiger partial charge in [-0.15, -0.1) is 0 Å². The van der Waals surface area contributed by atoms with Crippen LogP contribution in [0.1, 0.15) is 0 Å². The van der Waals surface area contributed by atoms with Gasteiger partial charge in [-0.3, -0.25) is 0 Å². The lowest BCUT2D eigenvalue weighted by Crippen LogP contribution is -1.91. The molecule has 0 N–H and O–H groups in total. The van der Waals surface area contributed by atoms with Gasteiger partial charge in [0.15, 0.2) is 0 Å². The number of hydrogen-bond donors (Lipinski definition) is 0. The Bertz CT molecular complexity index is 498. The van der Waals surface area contributed by atoms with E-state index >= 15 is 0 Å². The van der Waals surface area contributed by atoms with Gasteiger partial charge < -0.3 is 0 Å². The van der Waals surface area contributed by atoms with Crippen molar-refractivity contribution < 1.29 is 0 Å². The highest BCUT2D eigenvalue weighted by Crippen LogP contribution is 2.34. The van der Waals surface area contributed by atoms with Crippen LogP contribution in [0.2, 0.25) is 5.02 Å². The van der Waals surface area contributed by atoms with E-state index in [1.165, 1.54) is 5.39 Å². The zero-order chi connectivity index (χ0) is 7.42. The minimum Gasteiger partial charge on any atom is -0.247 e. The Morgan fingerprint density at radius 2 is 1.91 bits per heavy atom. The molecule has 2 aromatic heterocycles. The van der Waals surface area contributed by atoms with Crippen molar-refractivity contribution >= 4 is 33.4 Å². The van der Waals surface area contributed by atoms with Crippen molar-refractivity contribution in [2.24, 2.45) is 0 Å². The van der Waals surface area contributed by atoms with Crippen molar-refractivity contribution in [1.29, 1.82) is 0 Å². The highest BCUT2D eigenvalue weighted by Gasteiger charge is 2.11. The Morgan fingerprint density at radius 3 is 2.64 bits per heavy atom. The molecule has 0 aliphatic heterocycles. The maximum Gasteiger partial charge on any atom is 0.0818 e. The predicted molar refractivity (Wildman–Crippen MR) is 46.6 cm³/mol. The largest absolute Gasteiger partial charge is 0.247 e. The van der Waals surface area contributed by atoms with E-state index in [9.17, 15) is 0 Å². The summed E-state index contributed by atoms with van der Waals surface area (Å²) in [4.78, 5) is 4.28. The van der Waals surface area contributed by atoms with Gasteiger partial charge in [-0.1, -0.05) is 23.7 Å². The Labute approximate surface area is 68.3 Å². The lowest BCUT2D eigenvalue weighted by Gasteiger charge is -2.10. The van der Waals surface area contributed by atoms with Crippen LogP contribution in [0.25, 0.3) is 21.8 Å². The maximum atomic E-state index is 5.95. The fraction of sp³-hybridized carbons (Fsp3) is 0. The van der Waals surface area contributed by atoms with Gasteiger partial charge in [0.2, 0.25) is 0 Å². The minimum atomic E-state index is 0.818. The molecule has 0 amide bonds. The lowest BCUT2D eigenvalue weighted by atomic mass is 10.1. The van der Waals surface area contributed by atoms with Crippen LogP contribution in [0, 0.1) is 0 Å². The Morgan fingerprint density at radius 1 is 1.09 bits per heavy atom. The first-order valence-electron chi connectivity index (χ1n) is 3.46. The number of benzene rings is 2. The third kappa shape index (κ3) is 0.511. The molecule has 11 heavy (non-hydrogen) atoms. The predicted octanol–water partition coefficient (Wildman–Crippen LogP) is 2.92. The molecule has 2 heteroatoms. The molecule has 2 heterocycles. The molecule has 0 saturated heterocycles. The average Bonchev–Trinajstić information content (AvgIpc) is 1.99. The van der Waals surface area contributed by atoms with Crippen LogP contribution in [0.5, 0.6) is 0 Å². The van der Waals surface area contributed by atoms with Gasteiger partial charge in [-0.05, 0) is 12.1 Å². The first kappa shape index (κ1) is 5.56. The second-order valence-corrected chi connectivity index (χ2v) is 3.10. The van der Waals surface area contributed by atoms with E-state index in [1.54, 1.807) is 0 Å². The van der Waals surface area contributed by atoms with E-state index in [-0.39, 0.29) is 0 Å². The summed E-state index contributed by atoms with van der Waals surface area (Å²) in [7, 11) is 0. The van der Waals surface area contributed by atoms with E-state index in [1.807, 2.05) is 18.2 Å². The van der Waals surface area contributed by atoms with Crippen molar-refractivity contribution in [3.05, 3.63) is 29.3 Å². The van der Waals surface area contributed by atoms with Crippen molar-refractivity contribution in [2.45, 2.75) is 0 Å². The average molecular weight is 162 g/mol. The maximum absolute atomic E-state index is 5.95. The molecule has 0 aliphatic carbocycles. The van der Waals surface area contributed by atoms with Crippen molar-refractivity contribution in [2.75, 3.05) is 0 Å². The van der Waals surface area contributed by atoms with Gasteiger partial charge in [0.1, 0.15) is 0 Å². The Hall–Kier alpha value is -1.08. The SMILES string of the molecule is Clc1ccc2ccc3nc2c13. The van der Waals surface area contributed by atoms with Crippen LogP contribution in [-0.4, -0.2) is 4.98 Å². The van der Waals surface area contributed by atoms with Crippen LogP contribution in [0.3, 0.4) is 0 Å². The molecule has 52 valence electrons. The third-order valence-electron chi connectivity index (χ3n) is 2.07. The molecule has 0 spiro atoms. The summed E-state index contributed by atoms with van der Waals surface area (Å²) < 4.78 is 0. The van der Waals surface area contributed by atoms with Crippen molar-refractivity contribution in [3.63, 3.8) is 0 Å². The first-order chi connectivity index (χ1) is 5.36. The molecule has 1 nitrogen and oxygen atoms in total. The Kier molecular flexibility index (Phi) is 0.789. The first-order valence-corrected chi connectivity index (χ1v) is 3.84. The summed E-state index contributed by atoms with van der Waals surface area (Å²) in [5.41, 5.74) is 2.09. The van der Waals surface area contributed by atoms with Gasteiger partial charge in [-0.25, -0.2) is 4.98 Å². The normalized spacial score (nSPS) is 12.1. The highest BCUT2D eigenvalue weighted by atomic mass is 35.5. The second-order valence-electron chi connectivity index (χ2n) is 2.69. The monoisotopic (exact) mass is 161 g/mol. The van der Waals surface area contributed by atoms with Crippen LogP contribution in [0.4, 0.5) is 0 Å². The van der Waals surface area contributed by atoms with Gasteiger partial charge in [0.25, 0.3) is 0 Å². The zero-order valence-electron chi connectivity index (χ0n) is 5.63. The number of rotatable bonds is 0. The minimum absolute atomic E-state index is 0.818. The number of hydrogen-bond acceptors (Lipinski definition) is 1. The Balaban J connectivity index is 2.74. The van der Waals surface area contributed by atoms with Gasteiger partial charge in [0.05, 0.1) is 16.1 Å². The van der Waals surface area contributed by atoms with Crippen LogP contribution < -0.4 is 0 Å². The van der Waals surface area contributed by atoms with Crippen molar-refractivity contribution in [3.8, 4) is 0 Å². The summed E-state index contributed by atoms with van der Waals surface area (Å²) in [5.74, 6) is 0. The van der Waals surface area contributed by atoms with Crippen LogP contribution >= 0.6 is 11.6 Å². The van der Waals surface area contributed by atoms with Gasteiger partial charge >= 0.3 is 0 Å². The summed E-state index contributed by atoms with van der Waals surface area (Å²) in [6.45, 7) is 0. The van der Waals surface area contributed by atoms with E-state index in [4.69, 9.17) is 11.6 Å². The van der Waals surface area contributed by atoms with Gasteiger partial charge in [-0.2, -0.15) is 0 Å². The third-order valence-corrected chi connectivity index (χ3v) is 2.38. The van der Waals surface area contributed by atoms with E-state index in [2.05, 4.69) is 11.1 Å². The molecule has 0 unspecified atom stereocenters. The quantitative estimate of drug-likeness (QED) is 0.494. The van der Waals surface area contributed by atoms with E-state index in [0.717, 1.165) is 21.4 Å². The number of aromatic nitrogens is 1. The van der Waals surface area contributed by atoms with Gasteiger partial charge in [0, 0.05) is 10.8 Å². The molecular weight excluding hydrogens is 158 g/mol. The van der Waals surface area contributed by atoms with E-state index < -0.39 is 0 Å². The molecular formula is C9H4ClN. The molecule has 4 rings (SSSR count). The number of pyridine rings is 1. The van der Waals surface area contributed by atoms with E-state index in [0.29, 0.717) is 0 Å². The molecule has 0 saturated carbocycles. The molecule has 0 aliphatic rings. The zero-order valence-corrected chi connectivity index (χ0v) is 6.39. The molecule has 4 aromatic rings. The smallest absolute Gasteiger partial charge is 0.0818 e. The summed E-state index contributed by atoms with van der Waals surface area (Å²) in [5, 5.41) is 3.13. The number of fused-ring (bicyclic) bond motifs is 1. The van der Waals surface area contributed by atoms with Crippen LogP contribution in [0.15, 0.2) is 24.3 Å². The summed E-state index contributed by atoms with van der Waals surface area (Å²) >= 11 is 5.95. The summed E-state index contributed by atoms with van der Waals surface area (Å²) in [6, 6.07) is 8.00. The standard InChI is InChI=1S/C9H4ClN/c10-6-3-1-5-2-4-7-8(6)9(5)11-7/h1-4H. The summed E-state index contributed by atoms with van der Waals surface area (Å²) in [6.07, 6.45) is 0. The fourth-order valence-corrected chi connectivity index (χ4v) is 1.74.